The van der Waals surface area contributed by atoms with Gasteiger partial charge in [-0.15, -0.1) is 11.8 Å². The van der Waals surface area contributed by atoms with Crippen molar-refractivity contribution in [3.05, 3.63) is 54.3 Å². The molecule has 27 heavy (non-hydrogen) atoms. The molecular weight excluding hydrogens is 403 g/mol. The average Bonchev–Trinajstić information content (AvgIpc) is 3.05. The molecule has 2 aromatic carbocycles. The fourth-order valence-corrected chi connectivity index (χ4v) is 3.40. The molecule has 0 unspecified atom stereocenters. The Labute approximate surface area is 160 Å². The van der Waals surface area contributed by atoms with Gasteiger partial charge in [0.25, 0.3) is 0 Å². The van der Waals surface area contributed by atoms with E-state index in [0.29, 0.717) is 22.5 Å². The highest BCUT2D eigenvalue weighted by Gasteiger charge is 2.43. The molecule has 0 bridgehead atoms. The number of hydrogen-bond acceptors (Lipinski definition) is 3. The number of nitrogens with one attached hydrogen (secondary N) is 1. The van der Waals surface area contributed by atoms with Crippen molar-refractivity contribution in [2.24, 2.45) is 0 Å². The Morgan fingerprint density at radius 2 is 1.56 bits per heavy atom. The second kappa shape index (κ2) is 7.93. The van der Waals surface area contributed by atoms with Gasteiger partial charge in [-0.2, -0.15) is 8.78 Å². The predicted octanol–water partition coefficient (Wildman–Crippen LogP) is 6.55. The van der Waals surface area contributed by atoms with Crippen LogP contribution in [0.4, 0.5) is 22.0 Å². The summed E-state index contributed by atoms with van der Waals surface area (Å²) in [6, 6.07) is 12.6. The largest absolute Gasteiger partial charge is 0.360 e. The Morgan fingerprint density at radius 3 is 2.11 bits per heavy atom. The van der Waals surface area contributed by atoms with Gasteiger partial charge in [0, 0.05) is 16.0 Å². The molecule has 0 spiro atoms. The Bertz CT molecular complexity index is 909. The lowest BCUT2D eigenvalue weighted by molar-refractivity contribution is -0.0565. The van der Waals surface area contributed by atoms with Crippen molar-refractivity contribution in [1.82, 2.24) is 9.97 Å². The lowest BCUT2D eigenvalue weighted by Crippen LogP contribution is -2.21. The van der Waals surface area contributed by atoms with E-state index < -0.39 is 17.5 Å². The first-order valence-electron chi connectivity index (χ1n) is 7.65. The lowest BCUT2D eigenvalue weighted by atomic mass is 10.1. The van der Waals surface area contributed by atoms with Crippen molar-refractivity contribution in [3.8, 4) is 22.5 Å². The minimum absolute atomic E-state index is 0.321. The summed E-state index contributed by atoms with van der Waals surface area (Å²) in [5.74, 6) is -0.456. The van der Waals surface area contributed by atoms with Gasteiger partial charge in [-0.1, -0.05) is 12.1 Å². The van der Waals surface area contributed by atoms with Crippen molar-refractivity contribution in [1.29, 1.82) is 0 Å². The molecule has 1 heterocycles. The minimum atomic E-state index is -4.28. The number of thioether (sulfide) groups is 2. The Balaban J connectivity index is 2.07. The fraction of sp³-hybridized carbons (Fsp3) is 0.167. The molecule has 0 amide bonds. The molecule has 1 N–H and O–H groups in total. The summed E-state index contributed by atoms with van der Waals surface area (Å²) in [5, 5.41) is -4.62. The van der Waals surface area contributed by atoms with Crippen molar-refractivity contribution in [2.75, 3.05) is 6.26 Å². The number of aromatic amines is 1. The van der Waals surface area contributed by atoms with Crippen molar-refractivity contribution in [2.45, 2.75) is 21.7 Å². The van der Waals surface area contributed by atoms with Crippen molar-refractivity contribution in [3.63, 3.8) is 0 Å². The van der Waals surface area contributed by atoms with E-state index in [1.165, 1.54) is 36.0 Å². The van der Waals surface area contributed by atoms with Gasteiger partial charge in [-0.25, -0.2) is 18.2 Å². The van der Waals surface area contributed by atoms with Crippen LogP contribution in [0.2, 0.25) is 0 Å². The van der Waals surface area contributed by atoms with Crippen LogP contribution in [-0.4, -0.2) is 27.9 Å². The van der Waals surface area contributed by atoms with E-state index in [1.54, 1.807) is 12.1 Å². The highest BCUT2D eigenvalue weighted by molar-refractivity contribution is 8.00. The third kappa shape index (κ3) is 4.47. The van der Waals surface area contributed by atoms with E-state index in [9.17, 15) is 22.0 Å². The van der Waals surface area contributed by atoms with Crippen molar-refractivity contribution >= 4 is 23.5 Å². The summed E-state index contributed by atoms with van der Waals surface area (Å²) < 4.78 is 65.1. The SMILES string of the molecule is CSc1ccc(-c2nc(SC(F)(F)C(F)F)[nH]c2-c2ccc(F)cc2)cc1. The molecule has 0 fully saturated rings. The van der Waals surface area contributed by atoms with E-state index in [0.717, 1.165) is 4.90 Å². The Kier molecular flexibility index (Phi) is 5.81. The Morgan fingerprint density at radius 1 is 0.963 bits per heavy atom. The number of imidazole rings is 1. The molecule has 0 aliphatic rings. The molecule has 1 aromatic heterocycles. The van der Waals surface area contributed by atoms with Crippen molar-refractivity contribution < 1.29 is 22.0 Å². The smallest absolute Gasteiger partial charge is 0.332 e. The highest BCUT2D eigenvalue weighted by Crippen LogP contribution is 2.42. The van der Waals surface area contributed by atoms with Crippen LogP contribution in [0.5, 0.6) is 0 Å². The predicted molar refractivity (Wildman–Crippen MR) is 98.0 cm³/mol. The number of rotatable bonds is 6. The van der Waals surface area contributed by atoms with Crippen LogP contribution < -0.4 is 0 Å². The quantitative estimate of drug-likeness (QED) is 0.365. The van der Waals surface area contributed by atoms with Gasteiger partial charge >= 0.3 is 11.7 Å². The standard InChI is InChI=1S/C18H13F5N2S2/c1-26-13-8-4-11(5-9-13)15-14(10-2-6-12(19)7-3-10)24-17(25-15)27-18(22,23)16(20)21/h2-9,16H,1H3,(H,24,25). The van der Waals surface area contributed by atoms with Crippen LogP contribution in [0.15, 0.2) is 58.6 Å². The van der Waals surface area contributed by atoms with Crippen LogP contribution >= 0.6 is 23.5 Å². The molecule has 0 radical (unpaired) electrons. The normalized spacial score (nSPS) is 12.0. The summed E-state index contributed by atoms with van der Waals surface area (Å²) in [5.41, 5.74) is 1.79. The summed E-state index contributed by atoms with van der Waals surface area (Å²) in [6.45, 7) is 0. The molecule has 2 nitrogen and oxygen atoms in total. The number of alkyl halides is 4. The molecule has 9 heteroatoms. The molecule has 0 atom stereocenters. The third-order valence-corrected chi connectivity index (χ3v) is 5.25. The zero-order valence-corrected chi connectivity index (χ0v) is 15.5. The number of hydrogen-bond donors (Lipinski definition) is 1. The number of nitrogens with zero attached hydrogens (tertiary/aromatic N) is 1. The van der Waals surface area contributed by atoms with Crippen LogP contribution in [0.1, 0.15) is 0 Å². The molecule has 3 aromatic rings. The monoisotopic (exact) mass is 416 g/mol. The zero-order valence-electron chi connectivity index (χ0n) is 13.8. The maximum Gasteiger partial charge on any atom is 0.360 e. The number of benzene rings is 2. The fourth-order valence-electron chi connectivity index (χ4n) is 2.36. The van der Waals surface area contributed by atoms with Gasteiger partial charge in [-0.05, 0) is 54.4 Å². The second-order valence-electron chi connectivity index (χ2n) is 5.47. The lowest BCUT2D eigenvalue weighted by Gasteiger charge is -2.11. The summed E-state index contributed by atoms with van der Waals surface area (Å²) in [7, 11) is 0. The van der Waals surface area contributed by atoms with Gasteiger partial charge < -0.3 is 4.98 Å². The van der Waals surface area contributed by atoms with E-state index in [4.69, 9.17) is 0 Å². The average molecular weight is 416 g/mol. The maximum absolute atomic E-state index is 13.4. The summed E-state index contributed by atoms with van der Waals surface area (Å²) >= 11 is 1.20. The highest BCUT2D eigenvalue weighted by atomic mass is 32.2. The number of aromatic nitrogens is 2. The van der Waals surface area contributed by atoms with E-state index in [2.05, 4.69) is 9.97 Å². The molecule has 0 aliphatic heterocycles. The second-order valence-corrected chi connectivity index (χ2v) is 7.48. The van der Waals surface area contributed by atoms with E-state index in [1.807, 2.05) is 18.4 Å². The molecular formula is C18H13F5N2S2. The summed E-state index contributed by atoms with van der Waals surface area (Å²) in [4.78, 5) is 7.76. The van der Waals surface area contributed by atoms with Gasteiger partial charge in [0.05, 0.1) is 11.4 Å². The van der Waals surface area contributed by atoms with E-state index >= 15 is 0 Å². The summed E-state index contributed by atoms with van der Waals surface area (Å²) in [6.07, 6.45) is -1.92. The molecule has 142 valence electrons. The van der Waals surface area contributed by atoms with E-state index in [-0.39, 0.29) is 16.9 Å². The van der Waals surface area contributed by atoms with Gasteiger partial charge in [0.2, 0.25) is 0 Å². The number of halogens is 5. The first-order chi connectivity index (χ1) is 12.8. The molecule has 3 rings (SSSR count). The van der Waals surface area contributed by atoms with Gasteiger partial charge in [-0.3, -0.25) is 0 Å². The topological polar surface area (TPSA) is 28.7 Å². The molecule has 0 aliphatic carbocycles. The first-order valence-corrected chi connectivity index (χ1v) is 9.69. The zero-order chi connectivity index (χ0) is 19.6. The molecule has 0 saturated carbocycles. The minimum Gasteiger partial charge on any atom is -0.332 e. The van der Waals surface area contributed by atoms with Crippen LogP contribution in [0.25, 0.3) is 22.5 Å². The van der Waals surface area contributed by atoms with Gasteiger partial charge in [0.1, 0.15) is 5.82 Å². The Hall–Kier alpha value is -2.00. The maximum atomic E-state index is 13.4. The number of H-pyrrole nitrogens is 1. The van der Waals surface area contributed by atoms with Crippen LogP contribution in [-0.2, 0) is 0 Å². The first kappa shape index (κ1) is 19.8. The molecule has 0 saturated heterocycles. The third-order valence-electron chi connectivity index (χ3n) is 3.67. The van der Waals surface area contributed by atoms with Gasteiger partial charge in [0.15, 0.2) is 5.16 Å². The van der Waals surface area contributed by atoms with Crippen LogP contribution in [0, 0.1) is 5.82 Å². The van der Waals surface area contributed by atoms with Crippen LogP contribution in [0.3, 0.4) is 0 Å².